The molecule has 1 heterocycles. The number of nitrogens with two attached hydrogens (primary N) is 1. The van der Waals surface area contributed by atoms with Gasteiger partial charge in [0.25, 0.3) is 0 Å². The van der Waals surface area contributed by atoms with Crippen LogP contribution in [0.2, 0.25) is 0 Å². The summed E-state index contributed by atoms with van der Waals surface area (Å²) in [6.45, 7) is 4.93. The number of amides is 1. The van der Waals surface area contributed by atoms with E-state index in [1.807, 2.05) is 6.92 Å². The van der Waals surface area contributed by atoms with Crippen LogP contribution < -0.4 is 5.73 Å². The predicted octanol–water partition coefficient (Wildman–Crippen LogP) is 1.38. The molecular weight excluding hydrogens is 200 g/mol. The van der Waals surface area contributed by atoms with Gasteiger partial charge >= 0.3 is 0 Å². The lowest BCUT2D eigenvalue weighted by Crippen LogP contribution is -2.41. The van der Waals surface area contributed by atoms with Crippen LogP contribution in [-0.4, -0.2) is 30.4 Å². The second-order valence-electron chi connectivity index (χ2n) is 4.43. The number of primary amides is 1. The van der Waals surface area contributed by atoms with Crippen LogP contribution in [0.4, 0.5) is 0 Å². The molecule has 0 spiro atoms. The molecule has 1 unspecified atom stereocenters. The summed E-state index contributed by atoms with van der Waals surface area (Å²) in [4.78, 5) is 13.5. The lowest BCUT2D eigenvalue weighted by molar-refractivity contribution is -0.123. The first kappa shape index (κ1) is 13.1. The molecule has 16 heavy (non-hydrogen) atoms. The lowest BCUT2D eigenvalue weighted by atomic mass is 9.97. The summed E-state index contributed by atoms with van der Waals surface area (Å²) in [5.41, 5.74) is 5.34. The number of piperidine rings is 1. The fourth-order valence-electron chi connectivity index (χ4n) is 2.16. The van der Waals surface area contributed by atoms with Gasteiger partial charge in [-0.05, 0) is 45.7 Å². The maximum atomic E-state index is 11.1. The molecule has 2 N–H and O–H groups in total. The topological polar surface area (TPSA) is 46.3 Å². The number of carbonyl (C=O) groups excluding carboxylic acids is 1. The largest absolute Gasteiger partial charge is 0.369 e. The Morgan fingerprint density at radius 1 is 1.50 bits per heavy atom. The number of rotatable bonds is 5. The van der Waals surface area contributed by atoms with E-state index in [1.54, 1.807) is 0 Å². The highest BCUT2D eigenvalue weighted by Crippen LogP contribution is 2.16. The van der Waals surface area contributed by atoms with Crippen LogP contribution in [0, 0.1) is 17.8 Å². The molecule has 1 rings (SSSR count). The highest BCUT2D eigenvalue weighted by molar-refractivity contribution is 5.76. The van der Waals surface area contributed by atoms with Crippen molar-refractivity contribution in [2.45, 2.75) is 39.0 Å². The molecule has 1 amide bonds. The van der Waals surface area contributed by atoms with Gasteiger partial charge in [0.1, 0.15) is 0 Å². The Balaban J connectivity index is 2.16. The molecule has 1 aliphatic heterocycles. The van der Waals surface area contributed by atoms with Crippen LogP contribution in [0.15, 0.2) is 0 Å². The molecule has 0 aromatic heterocycles. The van der Waals surface area contributed by atoms with E-state index in [0.717, 1.165) is 45.3 Å². The number of hydrogen-bond donors (Lipinski definition) is 1. The molecule has 0 aliphatic carbocycles. The summed E-state index contributed by atoms with van der Waals surface area (Å²) in [7, 11) is 0. The molecule has 0 saturated carbocycles. The summed E-state index contributed by atoms with van der Waals surface area (Å²) in [5, 5.41) is 0. The molecule has 3 nitrogen and oxygen atoms in total. The zero-order chi connectivity index (χ0) is 11.8. The van der Waals surface area contributed by atoms with Gasteiger partial charge in [-0.25, -0.2) is 0 Å². The van der Waals surface area contributed by atoms with Crippen molar-refractivity contribution in [3.05, 3.63) is 0 Å². The van der Waals surface area contributed by atoms with Crippen LogP contribution in [0.5, 0.6) is 0 Å². The van der Waals surface area contributed by atoms with Gasteiger partial charge in [0.2, 0.25) is 5.91 Å². The van der Waals surface area contributed by atoms with Gasteiger partial charge in [-0.1, -0.05) is 0 Å². The Morgan fingerprint density at radius 2 is 2.31 bits per heavy atom. The number of likely N-dealkylation sites (tertiary alicyclic amines) is 1. The van der Waals surface area contributed by atoms with Gasteiger partial charge in [0, 0.05) is 13.0 Å². The second kappa shape index (κ2) is 7.29. The third-order valence-electron chi connectivity index (χ3n) is 3.11. The standard InChI is InChI=1S/C13H22N2O/c1-2-3-4-5-6-9-15-10-7-8-12(11-15)13(14)16/h12H,4-11H2,1H3,(H2,14,16). The average molecular weight is 222 g/mol. The first-order valence-electron chi connectivity index (χ1n) is 6.15. The minimum atomic E-state index is -0.137. The molecule has 1 saturated heterocycles. The lowest BCUT2D eigenvalue weighted by Gasteiger charge is -2.30. The number of unbranched alkanes of at least 4 members (excludes halogenated alkanes) is 2. The molecule has 0 bridgehead atoms. The summed E-state index contributed by atoms with van der Waals surface area (Å²) in [6.07, 6.45) is 5.37. The SMILES string of the molecule is CC#CCCCCN1CCCC(C(N)=O)C1. The predicted molar refractivity (Wildman–Crippen MR) is 65.7 cm³/mol. The van der Waals surface area contributed by atoms with E-state index in [4.69, 9.17) is 5.73 Å². The molecule has 0 aromatic rings. The Bertz CT molecular complexity index is 277. The summed E-state index contributed by atoms with van der Waals surface area (Å²) in [5.74, 6) is 5.91. The maximum Gasteiger partial charge on any atom is 0.221 e. The van der Waals surface area contributed by atoms with Crippen molar-refractivity contribution < 1.29 is 4.79 Å². The van der Waals surface area contributed by atoms with Crippen molar-refractivity contribution in [1.29, 1.82) is 0 Å². The van der Waals surface area contributed by atoms with E-state index in [1.165, 1.54) is 6.42 Å². The highest BCUT2D eigenvalue weighted by atomic mass is 16.1. The van der Waals surface area contributed by atoms with Gasteiger partial charge < -0.3 is 10.6 Å². The van der Waals surface area contributed by atoms with Crippen LogP contribution in [0.25, 0.3) is 0 Å². The van der Waals surface area contributed by atoms with E-state index in [2.05, 4.69) is 16.7 Å². The molecule has 1 atom stereocenters. The third-order valence-corrected chi connectivity index (χ3v) is 3.11. The molecule has 1 fully saturated rings. The van der Waals surface area contributed by atoms with Crippen molar-refractivity contribution in [2.75, 3.05) is 19.6 Å². The normalized spacial score (nSPS) is 21.2. The Kier molecular flexibility index (Phi) is 5.95. The second-order valence-corrected chi connectivity index (χ2v) is 4.43. The summed E-state index contributed by atoms with van der Waals surface area (Å²) < 4.78 is 0. The highest BCUT2D eigenvalue weighted by Gasteiger charge is 2.23. The summed E-state index contributed by atoms with van der Waals surface area (Å²) >= 11 is 0. The summed E-state index contributed by atoms with van der Waals surface area (Å²) in [6, 6.07) is 0. The van der Waals surface area contributed by atoms with E-state index in [0.29, 0.717) is 0 Å². The zero-order valence-corrected chi connectivity index (χ0v) is 10.2. The van der Waals surface area contributed by atoms with E-state index in [9.17, 15) is 4.79 Å². The van der Waals surface area contributed by atoms with Crippen LogP contribution >= 0.6 is 0 Å². The number of nitrogens with zero attached hydrogens (tertiary/aromatic N) is 1. The van der Waals surface area contributed by atoms with Gasteiger partial charge in [-0.3, -0.25) is 4.79 Å². The van der Waals surface area contributed by atoms with Crippen molar-refractivity contribution in [1.82, 2.24) is 4.90 Å². The first-order valence-corrected chi connectivity index (χ1v) is 6.15. The zero-order valence-electron chi connectivity index (χ0n) is 10.2. The van der Waals surface area contributed by atoms with Crippen molar-refractivity contribution >= 4 is 5.91 Å². The minimum Gasteiger partial charge on any atom is -0.369 e. The van der Waals surface area contributed by atoms with Gasteiger partial charge in [-0.15, -0.1) is 11.8 Å². The Labute approximate surface area is 98.4 Å². The van der Waals surface area contributed by atoms with Crippen LogP contribution in [0.1, 0.15) is 39.0 Å². The fourth-order valence-corrected chi connectivity index (χ4v) is 2.16. The van der Waals surface area contributed by atoms with Crippen LogP contribution in [-0.2, 0) is 4.79 Å². The smallest absolute Gasteiger partial charge is 0.221 e. The first-order chi connectivity index (χ1) is 7.74. The average Bonchev–Trinajstić information content (AvgIpc) is 2.29. The molecule has 0 radical (unpaired) electrons. The van der Waals surface area contributed by atoms with Crippen LogP contribution in [0.3, 0.4) is 0 Å². The van der Waals surface area contributed by atoms with Crippen molar-refractivity contribution in [3.63, 3.8) is 0 Å². The van der Waals surface area contributed by atoms with E-state index in [-0.39, 0.29) is 11.8 Å². The molecule has 0 aromatic carbocycles. The van der Waals surface area contributed by atoms with Crippen molar-refractivity contribution in [2.24, 2.45) is 11.7 Å². The van der Waals surface area contributed by atoms with Gasteiger partial charge in [-0.2, -0.15) is 0 Å². The van der Waals surface area contributed by atoms with E-state index < -0.39 is 0 Å². The quantitative estimate of drug-likeness (QED) is 0.564. The molecule has 1 aliphatic rings. The molecule has 3 heteroatoms. The van der Waals surface area contributed by atoms with Crippen molar-refractivity contribution in [3.8, 4) is 11.8 Å². The monoisotopic (exact) mass is 222 g/mol. The Hall–Kier alpha value is -1.01. The number of hydrogen-bond acceptors (Lipinski definition) is 2. The molecular formula is C13H22N2O. The fraction of sp³-hybridized carbons (Fsp3) is 0.769. The van der Waals surface area contributed by atoms with E-state index >= 15 is 0 Å². The minimum absolute atomic E-state index is 0.0733. The van der Waals surface area contributed by atoms with Gasteiger partial charge in [0.15, 0.2) is 0 Å². The molecule has 90 valence electrons. The number of carbonyl (C=O) groups is 1. The Morgan fingerprint density at radius 3 is 3.00 bits per heavy atom. The maximum absolute atomic E-state index is 11.1. The third kappa shape index (κ3) is 4.67. The van der Waals surface area contributed by atoms with Gasteiger partial charge in [0.05, 0.1) is 5.92 Å².